The van der Waals surface area contributed by atoms with Crippen LogP contribution in [0.5, 0.6) is 0 Å². The number of unbranched alkanes of at least 4 members (excludes halogenated alkanes) is 5. The van der Waals surface area contributed by atoms with Gasteiger partial charge in [-0.25, -0.2) is 0 Å². The van der Waals surface area contributed by atoms with Crippen LogP contribution in [0.3, 0.4) is 0 Å². The lowest BCUT2D eigenvalue weighted by molar-refractivity contribution is -0.669. The number of aromatic nitrogens is 2. The van der Waals surface area contributed by atoms with Crippen molar-refractivity contribution in [2.45, 2.75) is 78.7 Å². The topological polar surface area (TPSA) is 52.2 Å². The smallest absolute Gasteiger partial charge is 0.263 e. The van der Waals surface area contributed by atoms with E-state index in [1.165, 1.54) is 55.3 Å². The predicted octanol–water partition coefficient (Wildman–Crippen LogP) is 8.42. The van der Waals surface area contributed by atoms with E-state index in [0.29, 0.717) is 5.69 Å². The Hall–Kier alpha value is -3.90. The van der Waals surface area contributed by atoms with Crippen LogP contribution in [0.15, 0.2) is 72.0 Å². The normalized spacial score (nSPS) is 14.3. The van der Waals surface area contributed by atoms with Gasteiger partial charge in [-0.15, -0.1) is 0 Å². The highest BCUT2D eigenvalue weighted by Crippen LogP contribution is 2.37. The monoisotopic (exact) mass is 621 g/mol. The zero-order valence-electron chi connectivity index (χ0n) is 27.4. The molecule has 1 aliphatic carbocycles. The maximum atomic E-state index is 13.4. The molecular formula is C39H47N3O2S. The fraction of sp³-hybridized carbons (Fsp3) is 0.385. The van der Waals surface area contributed by atoms with Crippen LogP contribution in [0, 0.1) is 0 Å². The summed E-state index contributed by atoms with van der Waals surface area (Å²) < 4.78 is 5.38. The van der Waals surface area contributed by atoms with Crippen molar-refractivity contribution in [1.82, 2.24) is 4.57 Å². The summed E-state index contributed by atoms with van der Waals surface area (Å²) in [6, 6.07) is 20.9. The lowest BCUT2D eigenvalue weighted by Gasteiger charge is -2.30. The largest absolute Gasteiger partial charge is 0.871 e. The molecule has 2 heterocycles. The second kappa shape index (κ2) is 15.4. The Morgan fingerprint density at radius 1 is 0.844 bits per heavy atom. The average molecular weight is 622 g/mol. The molecule has 0 saturated carbocycles. The van der Waals surface area contributed by atoms with Gasteiger partial charge in [0.25, 0.3) is 5.01 Å². The second-order valence-electron chi connectivity index (χ2n) is 12.0. The molecule has 236 valence electrons. The van der Waals surface area contributed by atoms with Gasteiger partial charge < -0.3 is 14.6 Å². The number of aryl methyl sites for hydroxylation is 1. The first kappa shape index (κ1) is 32.5. The van der Waals surface area contributed by atoms with Gasteiger partial charge in [0.05, 0.1) is 5.69 Å². The van der Waals surface area contributed by atoms with Crippen molar-refractivity contribution in [2.24, 2.45) is 7.05 Å². The van der Waals surface area contributed by atoms with Crippen LogP contribution < -0.4 is 14.6 Å². The zero-order valence-corrected chi connectivity index (χ0v) is 28.2. The van der Waals surface area contributed by atoms with Crippen LogP contribution in [-0.4, -0.2) is 23.4 Å². The van der Waals surface area contributed by atoms with Crippen molar-refractivity contribution in [3.05, 3.63) is 94.0 Å². The van der Waals surface area contributed by atoms with E-state index in [1.54, 1.807) is 11.3 Å². The number of Topliss-reactive ketones (excluding diaryl/α,β-unsaturated/α-hetero) is 1. The molecule has 0 atom stereocenters. The Morgan fingerprint density at radius 3 is 2.24 bits per heavy atom. The summed E-state index contributed by atoms with van der Waals surface area (Å²) in [6.07, 6.45) is 15.4. The number of hydrogen-bond acceptors (Lipinski definition) is 4. The highest BCUT2D eigenvalue weighted by Gasteiger charge is 2.32. The molecule has 4 aromatic rings. The van der Waals surface area contributed by atoms with E-state index in [2.05, 4.69) is 72.7 Å². The van der Waals surface area contributed by atoms with Crippen LogP contribution in [0.2, 0.25) is 0 Å². The van der Waals surface area contributed by atoms with Gasteiger partial charge in [0.2, 0.25) is 5.52 Å². The van der Waals surface area contributed by atoms with Crippen LogP contribution in [-0.2, 0) is 18.4 Å². The number of nitrogens with zero attached hydrogens (tertiary/aromatic N) is 3. The van der Waals surface area contributed by atoms with Crippen molar-refractivity contribution >= 4 is 56.8 Å². The first-order chi connectivity index (χ1) is 22.0. The van der Waals surface area contributed by atoms with Gasteiger partial charge in [0, 0.05) is 61.2 Å². The highest BCUT2D eigenvalue weighted by atomic mass is 32.1. The van der Waals surface area contributed by atoms with Gasteiger partial charge in [-0.2, -0.15) is 4.57 Å². The molecule has 0 spiro atoms. The van der Waals surface area contributed by atoms with E-state index in [-0.39, 0.29) is 22.7 Å². The van der Waals surface area contributed by atoms with Gasteiger partial charge in [-0.05, 0) is 61.2 Å². The molecular weight excluding hydrogens is 575 g/mol. The molecule has 0 aliphatic heterocycles. The number of carbonyl (C=O) groups is 1. The molecule has 5 nitrogen and oxygen atoms in total. The maximum Gasteiger partial charge on any atom is 0.263 e. The number of carbonyl (C=O) groups excluding carboxylic acids is 1. The summed E-state index contributed by atoms with van der Waals surface area (Å²) in [4.78, 5) is 15.9. The molecule has 0 bridgehead atoms. The number of fused-ring (bicyclic) bond motifs is 1. The maximum absolute atomic E-state index is 13.4. The van der Waals surface area contributed by atoms with Crippen molar-refractivity contribution in [2.75, 3.05) is 18.0 Å². The molecule has 45 heavy (non-hydrogen) atoms. The van der Waals surface area contributed by atoms with Crippen LogP contribution in [0.4, 0.5) is 5.69 Å². The number of rotatable bonds is 16. The number of para-hydroxylation sites is 1. The molecule has 0 amide bonds. The second-order valence-corrected chi connectivity index (χ2v) is 13.1. The molecule has 6 heteroatoms. The molecule has 0 N–H and O–H groups in total. The van der Waals surface area contributed by atoms with Gasteiger partial charge in [0.15, 0.2) is 12.3 Å². The Balaban J connectivity index is 1.33. The molecule has 0 saturated heterocycles. The minimum absolute atomic E-state index is 0.169. The first-order valence-electron chi connectivity index (χ1n) is 16.7. The SMILES string of the molecule is CCCCCC[n+]1c(/C=C2\C(=O)C(c3ccc(/C=C/c4ccc(N(CCCC)CCCC)cc4)n3C)=C2[O-])sc2ccccc21. The number of allylic oxidation sites excluding steroid dienone is 2. The van der Waals surface area contributed by atoms with Crippen LogP contribution in [0.25, 0.3) is 34.0 Å². The average Bonchev–Trinajstić information content (AvgIpc) is 3.60. The van der Waals surface area contributed by atoms with Crippen molar-refractivity contribution in [3.8, 4) is 0 Å². The third-order valence-corrected chi connectivity index (χ3v) is 9.88. The molecule has 0 unspecified atom stereocenters. The van der Waals surface area contributed by atoms with E-state index in [0.717, 1.165) is 47.8 Å². The molecule has 0 radical (unpaired) electrons. The third-order valence-electron chi connectivity index (χ3n) is 8.77. The van der Waals surface area contributed by atoms with E-state index in [9.17, 15) is 9.90 Å². The Labute approximate surface area is 272 Å². The van der Waals surface area contributed by atoms with Gasteiger partial charge >= 0.3 is 0 Å². The predicted molar refractivity (Wildman–Crippen MR) is 189 cm³/mol. The lowest BCUT2D eigenvalue weighted by Crippen LogP contribution is -2.36. The summed E-state index contributed by atoms with van der Waals surface area (Å²) >= 11 is 1.64. The molecule has 1 aliphatic rings. The third kappa shape index (κ3) is 7.33. The van der Waals surface area contributed by atoms with E-state index in [1.807, 2.05) is 48.0 Å². The summed E-state index contributed by atoms with van der Waals surface area (Å²) in [5, 5.41) is 14.4. The van der Waals surface area contributed by atoms with Crippen LogP contribution in [0.1, 0.15) is 94.1 Å². The quantitative estimate of drug-likeness (QED) is 0.0717. The number of thiazole rings is 1. The fourth-order valence-corrected chi connectivity index (χ4v) is 7.11. The number of hydrogen-bond donors (Lipinski definition) is 0. The van der Waals surface area contributed by atoms with E-state index >= 15 is 0 Å². The van der Waals surface area contributed by atoms with Gasteiger partial charge in [0.1, 0.15) is 4.70 Å². The highest BCUT2D eigenvalue weighted by molar-refractivity contribution is 7.18. The summed E-state index contributed by atoms with van der Waals surface area (Å²) in [5.74, 6) is -0.337. The molecule has 2 aromatic carbocycles. The molecule has 0 fully saturated rings. The molecule has 5 rings (SSSR count). The Kier molecular flexibility index (Phi) is 11.1. The minimum Gasteiger partial charge on any atom is -0.871 e. The first-order valence-corrected chi connectivity index (χ1v) is 17.6. The lowest BCUT2D eigenvalue weighted by atomic mass is 9.86. The number of anilines is 1. The minimum atomic E-state index is -0.169. The van der Waals surface area contributed by atoms with Crippen molar-refractivity contribution < 1.29 is 14.5 Å². The summed E-state index contributed by atoms with van der Waals surface area (Å²) in [5.41, 5.74) is 5.73. The fourth-order valence-electron chi connectivity index (χ4n) is 5.98. The summed E-state index contributed by atoms with van der Waals surface area (Å²) in [6.45, 7) is 9.76. The zero-order chi connectivity index (χ0) is 31.8. The molecule has 2 aromatic heterocycles. The van der Waals surface area contributed by atoms with Crippen molar-refractivity contribution in [1.29, 1.82) is 0 Å². The standard InChI is InChI=1S/C39H47N3O2S/c1-5-8-11-14-27-42-33-15-12-13-16-35(33)45-36(42)28-32-38(43)37(39(32)44)34-24-23-30(40(34)4)20-17-29-18-21-31(22-19-29)41(25-9-6-2)26-10-7-3/h12-13,15-24,28H,5-11,14,25-27H2,1-4H3. The number of benzene rings is 2. The van der Waals surface area contributed by atoms with Crippen molar-refractivity contribution in [3.63, 3.8) is 0 Å². The van der Waals surface area contributed by atoms with E-state index in [4.69, 9.17) is 0 Å². The van der Waals surface area contributed by atoms with Crippen LogP contribution >= 0.6 is 11.3 Å². The van der Waals surface area contributed by atoms with Gasteiger partial charge in [-0.3, -0.25) is 4.79 Å². The summed E-state index contributed by atoms with van der Waals surface area (Å²) in [7, 11) is 1.92. The Bertz CT molecular complexity index is 1700. The van der Waals surface area contributed by atoms with Gasteiger partial charge in [-0.1, -0.05) is 93.9 Å². The van der Waals surface area contributed by atoms with E-state index < -0.39 is 0 Å². The Morgan fingerprint density at radius 2 is 1.56 bits per heavy atom. The number of ketones is 1.